The molecule has 2 saturated heterocycles. The van der Waals surface area contributed by atoms with Gasteiger partial charge in [-0.05, 0) is 46.0 Å². The van der Waals surface area contributed by atoms with Gasteiger partial charge in [-0.3, -0.25) is 0 Å². The molecule has 120 valence electrons. The number of hydrogen-bond donors (Lipinski definition) is 1. The van der Waals surface area contributed by atoms with E-state index in [1.165, 1.54) is 4.90 Å². The molecule has 0 aliphatic carbocycles. The third kappa shape index (κ3) is 3.31. The van der Waals surface area contributed by atoms with Crippen LogP contribution in [0.4, 0.5) is 4.79 Å². The lowest BCUT2D eigenvalue weighted by molar-refractivity contribution is -0.150. The second kappa shape index (κ2) is 6.64. The van der Waals surface area contributed by atoms with Crippen molar-refractivity contribution in [2.24, 2.45) is 0 Å². The molecule has 2 atom stereocenters. The van der Waals surface area contributed by atoms with E-state index in [0.717, 1.165) is 32.3 Å². The second-order valence-electron chi connectivity index (χ2n) is 6.14. The van der Waals surface area contributed by atoms with E-state index in [0.29, 0.717) is 26.1 Å². The normalized spacial score (nSPS) is 29.4. The van der Waals surface area contributed by atoms with Crippen LogP contribution >= 0.6 is 0 Å². The molecule has 2 heterocycles. The van der Waals surface area contributed by atoms with Gasteiger partial charge in [0.25, 0.3) is 0 Å². The van der Waals surface area contributed by atoms with Crippen LogP contribution in [-0.4, -0.2) is 64.8 Å². The van der Waals surface area contributed by atoms with E-state index in [-0.39, 0.29) is 12.1 Å². The fraction of sp³-hybridized carbons (Fsp3) is 0.867. The van der Waals surface area contributed by atoms with Crippen molar-refractivity contribution in [1.82, 2.24) is 9.80 Å². The molecule has 2 fully saturated rings. The molecule has 0 aromatic heterocycles. The van der Waals surface area contributed by atoms with Gasteiger partial charge >= 0.3 is 12.0 Å². The number of amides is 2. The van der Waals surface area contributed by atoms with Crippen molar-refractivity contribution in [2.45, 2.75) is 57.6 Å². The number of ether oxygens (including phenoxy) is 1. The van der Waals surface area contributed by atoms with Gasteiger partial charge in [0.15, 0.2) is 0 Å². The Labute approximate surface area is 126 Å². The Balaban J connectivity index is 2.08. The first-order valence-electron chi connectivity index (χ1n) is 7.90. The van der Waals surface area contributed by atoms with E-state index in [2.05, 4.69) is 0 Å². The first kappa shape index (κ1) is 16.1. The molecule has 2 amide bonds. The zero-order valence-electron chi connectivity index (χ0n) is 13.0. The van der Waals surface area contributed by atoms with Crippen LogP contribution in [0.25, 0.3) is 0 Å². The number of carboxylic acids is 1. The summed E-state index contributed by atoms with van der Waals surface area (Å²) in [5.74, 6) is -0.913. The SMILES string of the molecule is CCN(CC1CCCO1)C(=O)N1CCCCC1(C)C(=O)O. The van der Waals surface area contributed by atoms with Gasteiger partial charge in [0.1, 0.15) is 5.54 Å². The number of carbonyl (C=O) groups is 2. The number of likely N-dealkylation sites (N-methyl/N-ethyl adjacent to an activating group) is 1. The van der Waals surface area contributed by atoms with E-state index in [9.17, 15) is 14.7 Å². The lowest BCUT2D eigenvalue weighted by Gasteiger charge is -2.44. The van der Waals surface area contributed by atoms with Crippen LogP contribution in [-0.2, 0) is 9.53 Å². The molecule has 0 saturated carbocycles. The number of carbonyl (C=O) groups excluding carboxylic acids is 1. The highest BCUT2D eigenvalue weighted by atomic mass is 16.5. The van der Waals surface area contributed by atoms with E-state index in [1.807, 2.05) is 6.92 Å². The van der Waals surface area contributed by atoms with Gasteiger partial charge in [0, 0.05) is 26.2 Å². The molecule has 0 spiro atoms. The average Bonchev–Trinajstić information content (AvgIpc) is 2.97. The molecule has 0 radical (unpaired) electrons. The molecule has 2 aliphatic heterocycles. The maximum absolute atomic E-state index is 12.8. The van der Waals surface area contributed by atoms with Gasteiger partial charge in [-0.15, -0.1) is 0 Å². The number of aliphatic carboxylic acids is 1. The molecule has 0 aromatic rings. The topological polar surface area (TPSA) is 70.1 Å². The van der Waals surface area contributed by atoms with Gasteiger partial charge in [-0.25, -0.2) is 9.59 Å². The van der Waals surface area contributed by atoms with Crippen molar-refractivity contribution in [3.63, 3.8) is 0 Å². The smallest absolute Gasteiger partial charge is 0.329 e. The standard InChI is InChI=1S/C15H26N2O4/c1-3-16(11-12-7-6-10-21-12)14(20)17-9-5-4-8-15(17,2)13(18)19/h12H,3-11H2,1-2H3,(H,18,19). The minimum Gasteiger partial charge on any atom is -0.480 e. The predicted molar refractivity (Wildman–Crippen MR) is 78.2 cm³/mol. The first-order valence-corrected chi connectivity index (χ1v) is 7.90. The van der Waals surface area contributed by atoms with Gasteiger partial charge < -0.3 is 19.6 Å². The van der Waals surface area contributed by atoms with Crippen LogP contribution in [0.3, 0.4) is 0 Å². The number of nitrogens with zero attached hydrogens (tertiary/aromatic N) is 2. The summed E-state index contributed by atoms with van der Waals surface area (Å²) < 4.78 is 5.59. The summed E-state index contributed by atoms with van der Waals surface area (Å²) in [4.78, 5) is 27.6. The summed E-state index contributed by atoms with van der Waals surface area (Å²) in [5, 5.41) is 9.52. The third-order valence-corrected chi connectivity index (χ3v) is 4.68. The third-order valence-electron chi connectivity index (χ3n) is 4.68. The zero-order chi connectivity index (χ0) is 15.5. The van der Waals surface area contributed by atoms with Crippen molar-refractivity contribution in [3.8, 4) is 0 Å². The van der Waals surface area contributed by atoms with Crippen LogP contribution in [0.15, 0.2) is 0 Å². The van der Waals surface area contributed by atoms with Crippen LogP contribution in [0, 0.1) is 0 Å². The minimum absolute atomic E-state index is 0.0924. The Bertz CT molecular complexity index is 395. The number of urea groups is 1. The molecule has 21 heavy (non-hydrogen) atoms. The molecule has 6 heteroatoms. The lowest BCUT2D eigenvalue weighted by atomic mass is 9.89. The van der Waals surface area contributed by atoms with Crippen molar-refractivity contribution in [2.75, 3.05) is 26.2 Å². The zero-order valence-corrected chi connectivity index (χ0v) is 13.0. The number of hydrogen-bond acceptors (Lipinski definition) is 3. The molecule has 2 aliphatic rings. The Morgan fingerprint density at radius 2 is 2.14 bits per heavy atom. The summed E-state index contributed by atoms with van der Waals surface area (Å²) in [5.41, 5.74) is -1.08. The number of likely N-dealkylation sites (tertiary alicyclic amines) is 1. The maximum atomic E-state index is 12.8. The van der Waals surface area contributed by atoms with E-state index in [1.54, 1.807) is 11.8 Å². The molecular formula is C15H26N2O4. The van der Waals surface area contributed by atoms with Crippen LogP contribution in [0.5, 0.6) is 0 Å². The van der Waals surface area contributed by atoms with Gasteiger partial charge in [0.2, 0.25) is 0 Å². The largest absolute Gasteiger partial charge is 0.480 e. The van der Waals surface area contributed by atoms with Crippen molar-refractivity contribution in [1.29, 1.82) is 0 Å². The van der Waals surface area contributed by atoms with Crippen LogP contribution in [0.2, 0.25) is 0 Å². The Kier molecular flexibility index (Phi) is 5.08. The lowest BCUT2D eigenvalue weighted by Crippen LogP contribution is -2.61. The maximum Gasteiger partial charge on any atom is 0.329 e. The summed E-state index contributed by atoms with van der Waals surface area (Å²) in [6.45, 7) is 5.99. The fourth-order valence-electron chi connectivity index (χ4n) is 3.20. The summed E-state index contributed by atoms with van der Waals surface area (Å²) >= 11 is 0. The summed E-state index contributed by atoms with van der Waals surface area (Å²) in [6.07, 6.45) is 4.34. The number of rotatable bonds is 4. The van der Waals surface area contributed by atoms with Crippen LogP contribution in [0.1, 0.15) is 46.0 Å². The first-order chi connectivity index (χ1) is 9.99. The Morgan fingerprint density at radius 3 is 2.71 bits per heavy atom. The van der Waals surface area contributed by atoms with Gasteiger partial charge in [0.05, 0.1) is 6.10 Å². The Hall–Kier alpha value is -1.30. The predicted octanol–water partition coefficient (Wildman–Crippen LogP) is 1.94. The minimum atomic E-state index is -1.08. The fourth-order valence-corrected chi connectivity index (χ4v) is 3.20. The molecule has 0 bridgehead atoms. The highest BCUT2D eigenvalue weighted by Crippen LogP contribution is 2.29. The molecule has 1 N–H and O–H groups in total. The van der Waals surface area contributed by atoms with Crippen LogP contribution < -0.4 is 0 Å². The second-order valence-corrected chi connectivity index (χ2v) is 6.14. The average molecular weight is 298 g/mol. The monoisotopic (exact) mass is 298 g/mol. The van der Waals surface area contributed by atoms with E-state index >= 15 is 0 Å². The molecule has 0 aromatic carbocycles. The van der Waals surface area contributed by atoms with E-state index < -0.39 is 11.5 Å². The number of piperidine rings is 1. The number of carboxylic acid groups (broad SMARTS) is 1. The van der Waals surface area contributed by atoms with Gasteiger partial charge in [-0.2, -0.15) is 0 Å². The van der Waals surface area contributed by atoms with Gasteiger partial charge in [-0.1, -0.05) is 0 Å². The van der Waals surface area contributed by atoms with E-state index in [4.69, 9.17) is 4.74 Å². The highest BCUT2D eigenvalue weighted by Gasteiger charge is 2.45. The van der Waals surface area contributed by atoms with Crippen molar-refractivity contribution in [3.05, 3.63) is 0 Å². The Morgan fingerprint density at radius 1 is 1.38 bits per heavy atom. The molecule has 2 rings (SSSR count). The summed E-state index contributed by atoms with van der Waals surface area (Å²) in [7, 11) is 0. The molecule has 2 unspecified atom stereocenters. The van der Waals surface area contributed by atoms with Crippen molar-refractivity contribution >= 4 is 12.0 Å². The summed E-state index contributed by atoms with van der Waals surface area (Å²) in [6, 6.07) is -0.169. The molecule has 6 nitrogen and oxygen atoms in total. The quantitative estimate of drug-likeness (QED) is 0.861. The molecular weight excluding hydrogens is 272 g/mol. The highest BCUT2D eigenvalue weighted by molar-refractivity contribution is 5.86. The van der Waals surface area contributed by atoms with Crippen molar-refractivity contribution < 1.29 is 19.4 Å².